The number of hydrogen-bond acceptors (Lipinski definition) is 2. The summed E-state index contributed by atoms with van der Waals surface area (Å²) < 4.78 is 2.07. The summed E-state index contributed by atoms with van der Waals surface area (Å²) in [6.07, 6.45) is 6.65. The van der Waals surface area contributed by atoms with Crippen LogP contribution >= 0.6 is 0 Å². The number of aliphatic imine (C=N–C) groups is 1. The lowest BCUT2D eigenvalue weighted by Crippen LogP contribution is -2.37. The van der Waals surface area contributed by atoms with Crippen molar-refractivity contribution < 1.29 is 0 Å². The number of benzene rings is 1. The van der Waals surface area contributed by atoms with Crippen LogP contribution in [0.15, 0.2) is 48.0 Å². The molecular weight excluding hydrogens is 262 g/mol. The Balaban J connectivity index is 1.70. The van der Waals surface area contributed by atoms with E-state index in [1.807, 2.05) is 12.5 Å². The highest BCUT2D eigenvalue weighted by molar-refractivity contribution is 5.79. The molecule has 0 unspecified atom stereocenters. The first kappa shape index (κ1) is 15.1. The van der Waals surface area contributed by atoms with Crippen LogP contribution in [-0.4, -0.2) is 29.1 Å². The van der Waals surface area contributed by atoms with Crippen molar-refractivity contribution in [2.75, 3.05) is 13.6 Å². The van der Waals surface area contributed by atoms with Gasteiger partial charge in [-0.1, -0.05) is 24.3 Å². The van der Waals surface area contributed by atoms with Gasteiger partial charge in [-0.15, -0.1) is 0 Å². The van der Waals surface area contributed by atoms with Gasteiger partial charge in [0.05, 0.1) is 6.33 Å². The summed E-state index contributed by atoms with van der Waals surface area (Å²) >= 11 is 0. The van der Waals surface area contributed by atoms with E-state index in [9.17, 15) is 0 Å². The summed E-state index contributed by atoms with van der Waals surface area (Å²) in [4.78, 5) is 8.27. The SMILES string of the molecule is CN=C(NCCCn1ccnc1)NCc1ccccc1C. The molecule has 0 aliphatic heterocycles. The fourth-order valence-corrected chi connectivity index (χ4v) is 2.10. The zero-order valence-corrected chi connectivity index (χ0v) is 12.7. The van der Waals surface area contributed by atoms with Crippen LogP contribution in [0, 0.1) is 6.92 Å². The first-order valence-electron chi connectivity index (χ1n) is 7.24. The van der Waals surface area contributed by atoms with E-state index >= 15 is 0 Å². The Morgan fingerprint density at radius 2 is 2.14 bits per heavy atom. The topological polar surface area (TPSA) is 54.2 Å². The smallest absolute Gasteiger partial charge is 0.191 e. The van der Waals surface area contributed by atoms with E-state index in [0.717, 1.165) is 32.0 Å². The summed E-state index contributed by atoms with van der Waals surface area (Å²) in [5.41, 5.74) is 2.58. The van der Waals surface area contributed by atoms with E-state index in [4.69, 9.17) is 0 Å². The summed E-state index contributed by atoms with van der Waals surface area (Å²) in [6.45, 7) is 4.75. The van der Waals surface area contributed by atoms with Crippen LogP contribution in [0.25, 0.3) is 0 Å². The van der Waals surface area contributed by atoms with E-state index in [1.54, 1.807) is 13.2 Å². The Kier molecular flexibility index (Phi) is 5.82. The zero-order valence-electron chi connectivity index (χ0n) is 12.7. The highest BCUT2D eigenvalue weighted by Gasteiger charge is 2.00. The molecule has 0 aliphatic carbocycles. The summed E-state index contributed by atoms with van der Waals surface area (Å²) in [6, 6.07) is 8.38. The third-order valence-corrected chi connectivity index (χ3v) is 3.38. The summed E-state index contributed by atoms with van der Waals surface area (Å²) in [7, 11) is 1.79. The van der Waals surface area contributed by atoms with Crippen molar-refractivity contribution in [2.45, 2.75) is 26.4 Å². The number of nitrogens with zero attached hydrogens (tertiary/aromatic N) is 3. The van der Waals surface area contributed by atoms with Crippen molar-refractivity contribution in [3.63, 3.8) is 0 Å². The second-order valence-corrected chi connectivity index (χ2v) is 4.93. The Bertz CT molecular complexity index is 560. The molecule has 1 aromatic heterocycles. The molecule has 0 saturated heterocycles. The molecule has 5 heteroatoms. The number of aryl methyl sites for hydroxylation is 2. The molecule has 0 radical (unpaired) electrons. The zero-order chi connectivity index (χ0) is 14.9. The monoisotopic (exact) mass is 285 g/mol. The highest BCUT2D eigenvalue weighted by atomic mass is 15.2. The lowest BCUT2D eigenvalue weighted by molar-refractivity contribution is 0.624. The molecule has 2 rings (SSSR count). The average Bonchev–Trinajstić information content (AvgIpc) is 3.01. The largest absolute Gasteiger partial charge is 0.356 e. The van der Waals surface area contributed by atoms with Crippen molar-refractivity contribution in [3.05, 3.63) is 54.1 Å². The van der Waals surface area contributed by atoms with E-state index in [2.05, 4.69) is 56.4 Å². The second kappa shape index (κ2) is 8.09. The minimum absolute atomic E-state index is 0.786. The van der Waals surface area contributed by atoms with Crippen LogP contribution in [0.2, 0.25) is 0 Å². The molecule has 21 heavy (non-hydrogen) atoms. The molecule has 0 bridgehead atoms. The maximum absolute atomic E-state index is 4.24. The van der Waals surface area contributed by atoms with Gasteiger partial charge in [-0.3, -0.25) is 4.99 Å². The molecule has 5 nitrogen and oxygen atoms in total. The van der Waals surface area contributed by atoms with Crippen LogP contribution in [0.4, 0.5) is 0 Å². The van der Waals surface area contributed by atoms with E-state index in [1.165, 1.54) is 11.1 Å². The second-order valence-electron chi connectivity index (χ2n) is 4.93. The quantitative estimate of drug-likeness (QED) is 0.484. The minimum atomic E-state index is 0.786. The van der Waals surface area contributed by atoms with Crippen molar-refractivity contribution in [3.8, 4) is 0 Å². The number of guanidine groups is 1. The van der Waals surface area contributed by atoms with Gasteiger partial charge in [-0.25, -0.2) is 4.98 Å². The van der Waals surface area contributed by atoms with Gasteiger partial charge >= 0.3 is 0 Å². The van der Waals surface area contributed by atoms with Gasteiger partial charge in [-0.2, -0.15) is 0 Å². The number of imidazole rings is 1. The van der Waals surface area contributed by atoms with Gasteiger partial charge in [-0.05, 0) is 24.5 Å². The number of rotatable bonds is 6. The molecule has 112 valence electrons. The molecule has 0 amide bonds. The summed E-state index contributed by atoms with van der Waals surface area (Å²) in [5, 5.41) is 6.67. The maximum Gasteiger partial charge on any atom is 0.191 e. The van der Waals surface area contributed by atoms with Crippen LogP contribution in [0.5, 0.6) is 0 Å². The third kappa shape index (κ3) is 4.95. The van der Waals surface area contributed by atoms with Crippen LogP contribution < -0.4 is 10.6 Å². The number of aromatic nitrogens is 2. The third-order valence-electron chi connectivity index (χ3n) is 3.38. The molecule has 0 fully saturated rings. The van der Waals surface area contributed by atoms with Gasteiger partial charge in [0.15, 0.2) is 5.96 Å². The number of hydrogen-bond donors (Lipinski definition) is 2. The normalized spacial score (nSPS) is 11.4. The molecule has 1 aromatic carbocycles. The Labute approximate surface area is 126 Å². The summed E-state index contributed by atoms with van der Waals surface area (Å²) in [5.74, 6) is 0.837. The maximum atomic E-state index is 4.24. The number of nitrogens with one attached hydrogen (secondary N) is 2. The fourth-order valence-electron chi connectivity index (χ4n) is 2.10. The highest BCUT2D eigenvalue weighted by Crippen LogP contribution is 2.05. The van der Waals surface area contributed by atoms with Crippen molar-refractivity contribution >= 4 is 5.96 Å². The Morgan fingerprint density at radius 3 is 2.86 bits per heavy atom. The van der Waals surface area contributed by atoms with E-state index in [0.29, 0.717) is 0 Å². The van der Waals surface area contributed by atoms with Crippen molar-refractivity contribution in [1.29, 1.82) is 0 Å². The van der Waals surface area contributed by atoms with Crippen molar-refractivity contribution in [2.24, 2.45) is 4.99 Å². The molecule has 2 N–H and O–H groups in total. The van der Waals surface area contributed by atoms with E-state index < -0.39 is 0 Å². The van der Waals surface area contributed by atoms with Crippen LogP contribution in [0.3, 0.4) is 0 Å². The molecular formula is C16H23N5. The average molecular weight is 285 g/mol. The van der Waals surface area contributed by atoms with Gasteiger partial charge in [0, 0.05) is 39.1 Å². The fraction of sp³-hybridized carbons (Fsp3) is 0.375. The van der Waals surface area contributed by atoms with Gasteiger partial charge in [0.2, 0.25) is 0 Å². The first-order valence-corrected chi connectivity index (χ1v) is 7.24. The van der Waals surface area contributed by atoms with E-state index in [-0.39, 0.29) is 0 Å². The lowest BCUT2D eigenvalue weighted by atomic mass is 10.1. The minimum Gasteiger partial charge on any atom is -0.356 e. The predicted molar refractivity (Wildman–Crippen MR) is 86.2 cm³/mol. The molecule has 2 aromatic rings. The Hall–Kier alpha value is -2.30. The van der Waals surface area contributed by atoms with Gasteiger partial charge in [0.1, 0.15) is 0 Å². The molecule has 0 atom stereocenters. The van der Waals surface area contributed by atoms with Crippen molar-refractivity contribution in [1.82, 2.24) is 20.2 Å². The Morgan fingerprint density at radius 1 is 1.29 bits per heavy atom. The molecule has 1 heterocycles. The van der Waals surface area contributed by atoms with Gasteiger partial charge in [0.25, 0.3) is 0 Å². The lowest BCUT2D eigenvalue weighted by Gasteiger charge is -2.13. The molecule has 0 aliphatic rings. The first-order chi connectivity index (χ1) is 10.3. The predicted octanol–water partition coefficient (Wildman–Crippen LogP) is 1.95. The van der Waals surface area contributed by atoms with Crippen LogP contribution in [0.1, 0.15) is 17.5 Å². The standard InChI is InChI=1S/C16H23N5/c1-14-6-3-4-7-15(14)12-20-16(17-2)19-8-5-10-21-11-9-18-13-21/h3-4,6-7,9,11,13H,5,8,10,12H2,1-2H3,(H2,17,19,20). The van der Waals surface area contributed by atoms with Crippen LogP contribution in [-0.2, 0) is 13.1 Å². The molecule has 0 saturated carbocycles. The molecule has 0 spiro atoms. The van der Waals surface area contributed by atoms with Gasteiger partial charge < -0.3 is 15.2 Å².